The van der Waals surface area contributed by atoms with Gasteiger partial charge >= 0.3 is 6.18 Å². The Morgan fingerprint density at radius 1 is 1.19 bits per heavy atom. The van der Waals surface area contributed by atoms with E-state index in [-0.39, 0.29) is 11.8 Å². The highest BCUT2D eigenvalue weighted by molar-refractivity contribution is 6.28. The van der Waals surface area contributed by atoms with E-state index in [2.05, 4.69) is 15.1 Å². The summed E-state index contributed by atoms with van der Waals surface area (Å²) in [4.78, 5) is 7.86. The maximum absolute atomic E-state index is 12.7. The van der Waals surface area contributed by atoms with Gasteiger partial charge < -0.3 is 0 Å². The van der Waals surface area contributed by atoms with Crippen molar-refractivity contribution in [1.82, 2.24) is 19.7 Å². The number of halogens is 4. The van der Waals surface area contributed by atoms with Gasteiger partial charge in [0.15, 0.2) is 5.65 Å². The molecule has 0 saturated carbocycles. The van der Waals surface area contributed by atoms with Crippen molar-refractivity contribution in [3.63, 3.8) is 0 Å². The summed E-state index contributed by atoms with van der Waals surface area (Å²) in [5.74, 6) is 0. The van der Waals surface area contributed by atoms with Gasteiger partial charge in [0.2, 0.25) is 5.28 Å². The summed E-state index contributed by atoms with van der Waals surface area (Å²) in [7, 11) is 0. The lowest BCUT2D eigenvalue weighted by Crippen LogP contribution is -2.07. The lowest BCUT2D eigenvalue weighted by Gasteiger charge is -2.09. The predicted octanol–water partition coefficient (Wildman–Crippen LogP) is 3.55. The predicted molar refractivity (Wildman–Crippen MR) is 70.9 cm³/mol. The van der Waals surface area contributed by atoms with E-state index in [9.17, 15) is 13.2 Å². The van der Waals surface area contributed by atoms with Crippen LogP contribution < -0.4 is 0 Å². The number of fused-ring (bicyclic) bond motifs is 1. The summed E-state index contributed by atoms with van der Waals surface area (Å²) in [5.41, 5.74) is 0.265. The Kier molecular flexibility index (Phi) is 3.29. The summed E-state index contributed by atoms with van der Waals surface area (Å²) >= 11 is 5.72. The highest BCUT2D eigenvalue weighted by Gasteiger charge is 2.30. The molecule has 0 fully saturated rings. The fourth-order valence-corrected chi connectivity index (χ4v) is 2.11. The normalized spacial score (nSPS) is 12.0. The lowest BCUT2D eigenvalue weighted by atomic mass is 10.1. The third kappa shape index (κ3) is 2.82. The molecule has 3 rings (SSSR count). The first-order valence-corrected chi connectivity index (χ1v) is 6.31. The Morgan fingerprint density at radius 3 is 2.76 bits per heavy atom. The molecular weight excluding hydrogens is 305 g/mol. The summed E-state index contributed by atoms with van der Waals surface area (Å²) in [6, 6.07) is 5.09. The van der Waals surface area contributed by atoms with Crippen LogP contribution in [0, 0.1) is 0 Å². The highest BCUT2D eigenvalue weighted by atomic mass is 35.5. The summed E-state index contributed by atoms with van der Waals surface area (Å²) in [5, 5.41) is 4.83. The quantitative estimate of drug-likeness (QED) is 0.680. The van der Waals surface area contributed by atoms with Crippen molar-refractivity contribution in [3.8, 4) is 0 Å². The average Bonchev–Trinajstić information content (AvgIpc) is 2.81. The minimum Gasteiger partial charge on any atom is -0.243 e. The molecule has 21 heavy (non-hydrogen) atoms. The second-order valence-corrected chi connectivity index (χ2v) is 4.76. The molecule has 0 amide bonds. The highest BCUT2D eigenvalue weighted by Crippen LogP contribution is 2.29. The number of nitrogens with zero attached hydrogens (tertiary/aromatic N) is 4. The van der Waals surface area contributed by atoms with E-state index < -0.39 is 11.7 Å². The van der Waals surface area contributed by atoms with Crippen LogP contribution in [0.1, 0.15) is 11.1 Å². The van der Waals surface area contributed by atoms with Crippen LogP contribution in [0.25, 0.3) is 11.0 Å². The largest absolute Gasteiger partial charge is 0.416 e. The first-order chi connectivity index (χ1) is 9.93. The topological polar surface area (TPSA) is 43.6 Å². The summed E-state index contributed by atoms with van der Waals surface area (Å²) in [6.07, 6.45) is -1.31. The number of hydrogen-bond acceptors (Lipinski definition) is 3. The zero-order valence-electron chi connectivity index (χ0n) is 10.5. The molecular formula is C13H8ClF3N4. The van der Waals surface area contributed by atoms with Gasteiger partial charge in [0.05, 0.1) is 23.7 Å². The van der Waals surface area contributed by atoms with Crippen molar-refractivity contribution in [2.45, 2.75) is 12.7 Å². The standard InChI is InChI=1S/C13H8ClF3N4/c14-12-18-5-9-6-19-21(11(9)20-12)7-8-2-1-3-10(4-8)13(15,16)17/h1-6H,7H2. The van der Waals surface area contributed by atoms with Crippen LogP contribution in [0.15, 0.2) is 36.7 Å². The molecule has 1 aromatic carbocycles. The number of rotatable bonds is 2. The van der Waals surface area contributed by atoms with E-state index >= 15 is 0 Å². The molecule has 0 aliphatic carbocycles. The van der Waals surface area contributed by atoms with E-state index in [0.29, 0.717) is 16.6 Å². The number of benzene rings is 1. The zero-order valence-corrected chi connectivity index (χ0v) is 11.2. The van der Waals surface area contributed by atoms with E-state index in [4.69, 9.17) is 11.6 Å². The van der Waals surface area contributed by atoms with E-state index in [1.54, 1.807) is 12.3 Å². The maximum atomic E-state index is 12.7. The third-order valence-corrected chi connectivity index (χ3v) is 3.12. The molecule has 0 saturated heterocycles. The van der Waals surface area contributed by atoms with Gasteiger partial charge in [0.25, 0.3) is 0 Å². The van der Waals surface area contributed by atoms with Gasteiger partial charge in [-0.15, -0.1) is 0 Å². The monoisotopic (exact) mass is 312 g/mol. The molecule has 0 atom stereocenters. The molecule has 0 N–H and O–H groups in total. The molecule has 0 aliphatic heterocycles. The van der Waals surface area contributed by atoms with E-state index in [1.807, 2.05) is 0 Å². The summed E-state index contributed by atoms with van der Waals surface area (Å²) < 4.78 is 39.6. The first-order valence-electron chi connectivity index (χ1n) is 5.94. The second kappa shape index (κ2) is 5.00. The first kappa shape index (κ1) is 13.8. The molecule has 8 heteroatoms. The third-order valence-electron chi connectivity index (χ3n) is 2.93. The van der Waals surface area contributed by atoms with Gasteiger partial charge in [-0.1, -0.05) is 12.1 Å². The molecule has 2 heterocycles. The Balaban J connectivity index is 1.97. The Labute approximate surface area is 122 Å². The smallest absolute Gasteiger partial charge is 0.243 e. The van der Waals surface area contributed by atoms with Crippen LogP contribution >= 0.6 is 11.6 Å². The SMILES string of the molecule is FC(F)(F)c1cccc(Cn2ncc3cnc(Cl)nc32)c1. The minimum atomic E-state index is -4.37. The van der Waals surface area contributed by atoms with E-state index in [1.165, 1.54) is 16.9 Å². The molecule has 0 bridgehead atoms. The Morgan fingerprint density at radius 2 is 2.00 bits per heavy atom. The van der Waals surface area contributed by atoms with Gasteiger partial charge in [-0.3, -0.25) is 0 Å². The van der Waals surface area contributed by atoms with Crippen molar-refractivity contribution < 1.29 is 13.2 Å². The van der Waals surface area contributed by atoms with Gasteiger partial charge in [-0.05, 0) is 29.3 Å². The second-order valence-electron chi connectivity index (χ2n) is 4.42. The molecule has 0 aliphatic rings. The lowest BCUT2D eigenvalue weighted by molar-refractivity contribution is -0.137. The van der Waals surface area contributed by atoms with Crippen LogP contribution in [0.5, 0.6) is 0 Å². The summed E-state index contributed by atoms with van der Waals surface area (Å²) in [6.45, 7) is 0.167. The fourth-order valence-electron chi connectivity index (χ4n) is 1.98. The number of hydrogen-bond donors (Lipinski definition) is 0. The Hall–Kier alpha value is -2.15. The van der Waals surface area contributed by atoms with Gasteiger partial charge in [0, 0.05) is 6.20 Å². The average molecular weight is 313 g/mol. The molecule has 3 aromatic rings. The molecule has 0 spiro atoms. The maximum Gasteiger partial charge on any atom is 0.416 e. The van der Waals surface area contributed by atoms with Gasteiger partial charge in [0.1, 0.15) is 0 Å². The molecule has 0 radical (unpaired) electrons. The molecule has 4 nitrogen and oxygen atoms in total. The van der Waals surface area contributed by atoms with Crippen LogP contribution in [0.3, 0.4) is 0 Å². The molecule has 0 unspecified atom stereocenters. The van der Waals surface area contributed by atoms with Crippen LogP contribution in [0.2, 0.25) is 5.28 Å². The fraction of sp³-hybridized carbons (Fsp3) is 0.154. The van der Waals surface area contributed by atoms with Gasteiger partial charge in [-0.25, -0.2) is 9.67 Å². The van der Waals surface area contributed by atoms with Crippen molar-refractivity contribution >= 4 is 22.6 Å². The van der Waals surface area contributed by atoms with Crippen molar-refractivity contribution in [2.75, 3.05) is 0 Å². The van der Waals surface area contributed by atoms with E-state index in [0.717, 1.165) is 12.1 Å². The molecule has 2 aromatic heterocycles. The van der Waals surface area contributed by atoms with Gasteiger partial charge in [-0.2, -0.15) is 23.3 Å². The van der Waals surface area contributed by atoms with Crippen LogP contribution in [0.4, 0.5) is 13.2 Å². The number of aromatic nitrogens is 4. The van der Waals surface area contributed by atoms with Crippen molar-refractivity contribution in [2.24, 2.45) is 0 Å². The van der Waals surface area contributed by atoms with Crippen molar-refractivity contribution in [3.05, 3.63) is 53.1 Å². The molecule has 108 valence electrons. The Bertz CT molecular complexity index is 797. The zero-order chi connectivity index (χ0) is 15.0. The van der Waals surface area contributed by atoms with Crippen molar-refractivity contribution in [1.29, 1.82) is 0 Å². The minimum absolute atomic E-state index is 0.0632. The number of alkyl halides is 3. The van der Waals surface area contributed by atoms with Crippen LogP contribution in [-0.4, -0.2) is 19.7 Å². The van der Waals surface area contributed by atoms with Crippen LogP contribution in [-0.2, 0) is 12.7 Å².